The summed E-state index contributed by atoms with van der Waals surface area (Å²) in [5.74, 6) is 1.74. The molecule has 1 saturated carbocycles. The zero-order valence-corrected chi connectivity index (χ0v) is 15.8. The second-order valence-electron chi connectivity index (χ2n) is 7.13. The molecule has 4 rings (SSSR count). The van der Waals surface area contributed by atoms with E-state index in [0.29, 0.717) is 6.04 Å². The zero-order chi connectivity index (χ0) is 17.6. The van der Waals surface area contributed by atoms with Gasteiger partial charge in [0.2, 0.25) is 0 Å². The molecule has 0 unspecified atom stereocenters. The van der Waals surface area contributed by atoms with Gasteiger partial charge in [0.15, 0.2) is 0 Å². The van der Waals surface area contributed by atoms with Crippen LogP contribution in [-0.2, 0) is 5.75 Å². The van der Waals surface area contributed by atoms with E-state index in [1.807, 2.05) is 11.9 Å². The molecule has 3 heteroatoms. The van der Waals surface area contributed by atoms with Crippen molar-refractivity contribution in [2.45, 2.75) is 43.4 Å². The van der Waals surface area contributed by atoms with E-state index in [0.717, 1.165) is 11.7 Å². The summed E-state index contributed by atoms with van der Waals surface area (Å²) in [6.07, 6.45) is 9.36. The van der Waals surface area contributed by atoms with Crippen LogP contribution in [0.3, 0.4) is 0 Å². The van der Waals surface area contributed by atoms with Gasteiger partial charge in [-0.3, -0.25) is 4.72 Å². The van der Waals surface area contributed by atoms with Gasteiger partial charge < -0.3 is 4.98 Å². The van der Waals surface area contributed by atoms with Crippen LogP contribution in [0.15, 0.2) is 73.1 Å². The van der Waals surface area contributed by atoms with Crippen LogP contribution in [0.5, 0.6) is 0 Å². The summed E-state index contributed by atoms with van der Waals surface area (Å²) >= 11 is 1.85. The Morgan fingerprint density at radius 1 is 0.846 bits per heavy atom. The third-order valence-electron chi connectivity index (χ3n) is 5.39. The predicted octanol–water partition coefficient (Wildman–Crippen LogP) is 6.15. The molecule has 0 radical (unpaired) electrons. The molecule has 26 heavy (non-hydrogen) atoms. The van der Waals surface area contributed by atoms with Crippen molar-refractivity contribution in [3.05, 3.63) is 84.2 Å². The molecule has 2 aromatic carbocycles. The van der Waals surface area contributed by atoms with E-state index < -0.39 is 0 Å². The normalized spacial score (nSPS) is 20.2. The Kier molecular flexibility index (Phi) is 5.78. The molecule has 0 saturated heterocycles. The lowest BCUT2D eigenvalue weighted by Gasteiger charge is -2.29. The molecular weight excluding hydrogens is 336 g/mol. The van der Waals surface area contributed by atoms with Crippen LogP contribution in [0.2, 0.25) is 0 Å². The molecule has 2 N–H and O–H groups in total. The number of aromatic amines is 1. The fraction of sp³-hybridized carbons (Fsp3) is 0.304. The Labute approximate surface area is 160 Å². The van der Waals surface area contributed by atoms with Crippen molar-refractivity contribution in [1.29, 1.82) is 0 Å². The number of rotatable bonds is 6. The molecule has 134 valence electrons. The Hall–Kier alpha value is -1.97. The number of hydrogen-bond acceptors (Lipinski definition) is 2. The monoisotopic (exact) mass is 362 g/mol. The van der Waals surface area contributed by atoms with E-state index in [4.69, 9.17) is 0 Å². The summed E-state index contributed by atoms with van der Waals surface area (Å²) in [5, 5.41) is 0. The zero-order valence-electron chi connectivity index (χ0n) is 15.0. The van der Waals surface area contributed by atoms with Crippen LogP contribution in [0, 0.1) is 0 Å². The second kappa shape index (κ2) is 8.61. The number of hydrogen-bond donors (Lipinski definition) is 2. The van der Waals surface area contributed by atoms with Crippen LogP contribution in [-0.4, -0.2) is 11.0 Å². The fourth-order valence-electron chi connectivity index (χ4n) is 3.91. The Morgan fingerprint density at radius 3 is 2.27 bits per heavy atom. The molecule has 3 aromatic rings. The first kappa shape index (κ1) is 17.4. The number of H-pyrrole nitrogens is 1. The first-order valence-electron chi connectivity index (χ1n) is 9.53. The van der Waals surface area contributed by atoms with Crippen molar-refractivity contribution in [3.8, 4) is 11.1 Å². The Balaban J connectivity index is 1.26. The van der Waals surface area contributed by atoms with Gasteiger partial charge in [-0.05, 0) is 48.3 Å². The molecule has 1 heterocycles. The van der Waals surface area contributed by atoms with E-state index in [1.165, 1.54) is 47.9 Å². The highest BCUT2D eigenvalue weighted by molar-refractivity contribution is 7.96. The largest absolute Gasteiger partial charge is 0.367 e. The molecule has 0 aliphatic heterocycles. The van der Waals surface area contributed by atoms with E-state index in [9.17, 15) is 0 Å². The topological polar surface area (TPSA) is 27.8 Å². The summed E-state index contributed by atoms with van der Waals surface area (Å²) in [6.45, 7) is 0. The van der Waals surface area contributed by atoms with Crippen LogP contribution in [0.25, 0.3) is 11.1 Å². The average Bonchev–Trinajstić information content (AvgIpc) is 3.18. The van der Waals surface area contributed by atoms with Crippen molar-refractivity contribution in [2.75, 3.05) is 0 Å². The van der Waals surface area contributed by atoms with Crippen LogP contribution >= 0.6 is 11.9 Å². The van der Waals surface area contributed by atoms with Gasteiger partial charge >= 0.3 is 0 Å². The van der Waals surface area contributed by atoms with Crippen molar-refractivity contribution in [1.82, 2.24) is 9.71 Å². The van der Waals surface area contributed by atoms with Gasteiger partial charge in [0.1, 0.15) is 0 Å². The van der Waals surface area contributed by atoms with Crippen LogP contribution in [0.1, 0.15) is 42.7 Å². The first-order valence-corrected chi connectivity index (χ1v) is 10.5. The SMILES string of the molecule is c1ccc(-c2c[nH]cc2CSNC2CCC(c3ccccc3)CC2)cc1. The lowest BCUT2D eigenvalue weighted by Crippen LogP contribution is -2.28. The second-order valence-corrected chi connectivity index (χ2v) is 7.94. The molecule has 0 atom stereocenters. The fourth-order valence-corrected chi connectivity index (χ4v) is 4.86. The number of aromatic nitrogens is 1. The smallest absolute Gasteiger partial charge is 0.0351 e. The minimum Gasteiger partial charge on any atom is -0.367 e. The quantitative estimate of drug-likeness (QED) is 0.515. The van der Waals surface area contributed by atoms with Gasteiger partial charge in [-0.2, -0.15) is 0 Å². The highest BCUT2D eigenvalue weighted by atomic mass is 32.2. The average molecular weight is 363 g/mol. The van der Waals surface area contributed by atoms with Gasteiger partial charge in [0, 0.05) is 29.8 Å². The molecule has 1 fully saturated rings. The molecule has 1 aliphatic carbocycles. The third-order valence-corrected chi connectivity index (χ3v) is 6.35. The molecule has 2 nitrogen and oxygen atoms in total. The summed E-state index contributed by atoms with van der Waals surface area (Å²) in [5.41, 5.74) is 5.48. The molecule has 0 bridgehead atoms. The first-order chi connectivity index (χ1) is 12.9. The molecule has 0 amide bonds. The summed E-state index contributed by atoms with van der Waals surface area (Å²) < 4.78 is 3.71. The molecule has 0 spiro atoms. The van der Waals surface area contributed by atoms with Gasteiger partial charge in [0.25, 0.3) is 0 Å². The predicted molar refractivity (Wildman–Crippen MR) is 112 cm³/mol. The van der Waals surface area contributed by atoms with E-state index in [2.05, 4.69) is 82.8 Å². The molecule has 1 aromatic heterocycles. The molecular formula is C23H26N2S. The van der Waals surface area contributed by atoms with Crippen LogP contribution in [0.4, 0.5) is 0 Å². The standard InChI is InChI=1S/C23H26N2S/c1-3-7-18(8-4-1)19-11-13-22(14-12-19)25-26-17-21-15-24-16-23(21)20-9-5-2-6-10-20/h1-10,15-16,19,22,24-25H,11-14,17H2. The minimum atomic E-state index is 0.638. The van der Waals surface area contributed by atoms with Crippen molar-refractivity contribution < 1.29 is 0 Å². The van der Waals surface area contributed by atoms with Crippen molar-refractivity contribution in [3.63, 3.8) is 0 Å². The van der Waals surface area contributed by atoms with Gasteiger partial charge in [-0.25, -0.2) is 0 Å². The van der Waals surface area contributed by atoms with Gasteiger partial charge in [-0.1, -0.05) is 72.6 Å². The lowest BCUT2D eigenvalue weighted by atomic mass is 9.82. The van der Waals surface area contributed by atoms with Crippen molar-refractivity contribution in [2.24, 2.45) is 0 Å². The minimum absolute atomic E-state index is 0.638. The van der Waals surface area contributed by atoms with Gasteiger partial charge in [-0.15, -0.1) is 0 Å². The number of nitrogens with one attached hydrogen (secondary N) is 2. The van der Waals surface area contributed by atoms with E-state index in [-0.39, 0.29) is 0 Å². The van der Waals surface area contributed by atoms with Crippen LogP contribution < -0.4 is 4.72 Å². The summed E-state index contributed by atoms with van der Waals surface area (Å²) in [4.78, 5) is 3.27. The maximum absolute atomic E-state index is 3.71. The Morgan fingerprint density at radius 2 is 1.54 bits per heavy atom. The summed E-state index contributed by atoms with van der Waals surface area (Å²) in [6, 6.07) is 22.3. The third kappa shape index (κ3) is 4.22. The maximum atomic E-state index is 3.71. The number of benzene rings is 2. The maximum Gasteiger partial charge on any atom is 0.0351 e. The van der Waals surface area contributed by atoms with Crippen molar-refractivity contribution >= 4 is 11.9 Å². The van der Waals surface area contributed by atoms with E-state index >= 15 is 0 Å². The van der Waals surface area contributed by atoms with Gasteiger partial charge in [0.05, 0.1) is 0 Å². The molecule has 1 aliphatic rings. The lowest BCUT2D eigenvalue weighted by molar-refractivity contribution is 0.381. The highest BCUT2D eigenvalue weighted by Gasteiger charge is 2.22. The van der Waals surface area contributed by atoms with E-state index in [1.54, 1.807) is 0 Å². The Bertz CT molecular complexity index is 789. The summed E-state index contributed by atoms with van der Waals surface area (Å²) in [7, 11) is 0. The highest BCUT2D eigenvalue weighted by Crippen LogP contribution is 2.33.